The average molecular weight is 375 g/mol. The molecule has 0 aliphatic carbocycles. The third kappa shape index (κ3) is 3.60. The summed E-state index contributed by atoms with van der Waals surface area (Å²) in [6, 6.07) is 6.87. The minimum atomic E-state index is -3.55. The van der Waals surface area contributed by atoms with Crippen molar-refractivity contribution in [1.29, 1.82) is 0 Å². The molecule has 2 aromatic rings. The lowest BCUT2D eigenvalue weighted by Gasteiger charge is -2.10. The molecule has 20 heavy (non-hydrogen) atoms. The number of benzene rings is 1. The zero-order valence-electron chi connectivity index (χ0n) is 10.9. The van der Waals surface area contributed by atoms with Crippen molar-refractivity contribution in [3.63, 3.8) is 0 Å². The number of thiophene rings is 1. The van der Waals surface area contributed by atoms with Crippen molar-refractivity contribution in [3.05, 3.63) is 44.6 Å². The smallest absolute Gasteiger partial charge is 0.241 e. The van der Waals surface area contributed by atoms with Gasteiger partial charge in [-0.1, -0.05) is 13.0 Å². The number of aryl methyl sites for hydroxylation is 1. The highest BCUT2D eigenvalue weighted by Gasteiger charge is 2.18. The molecule has 0 atom stereocenters. The Bertz CT molecular complexity index is 711. The highest BCUT2D eigenvalue weighted by molar-refractivity contribution is 9.10. The summed E-state index contributed by atoms with van der Waals surface area (Å²) >= 11 is 4.85. The van der Waals surface area contributed by atoms with Crippen LogP contribution in [0.4, 0.5) is 5.69 Å². The van der Waals surface area contributed by atoms with Crippen molar-refractivity contribution in [1.82, 2.24) is 4.72 Å². The van der Waals surface area contributed by atoms with E-state index in [1.54, 1.807) is 12.1 Å². The Morgan fingerprint density at radius 1 is 1.35 bits per heavy atom. The maximum absolute atomic E-state index is 12.4. The molecule has 2 rings (SSSR count). The SMILES string of the molecule is CCc1ccc(N)cc1S(=O)(=O)NCc1cc(Br)cs1. The Kier molecular flexibility index (Phi) is 4.85. The minimum absolute atomic E-state index is 0.260. The van der Waals surface area contributed by atoms with Gasteiger partial charge in [-0.15, -0.1) is 11.3 Å². The van der Waals surface area contributed by atoms with Crippen LogP contribution in [0.1, 0.15) is 17.4 Å². The first-order chi connectivity index (χ1) is 9.42. The number of nitrogens with two attached hydrogens (primary N) is 1. The van der Waals surface area contributed by atoms with E-state index in [2.05, 4.69) is 20.7 Å². The largest absolute Gasteiger partial charge is 0.399 e. The second-order valence-corrected chi connectivity index (χ2v) is 7.92. The first-order valence-corrected chi connectivity index (χ1v) is 9.19. The third-order valence-corrected chi connectivity index (χ3v) is 6.00. The Morgan fingerprint density at radius 2 is 2.10 bits per heavy atom. The fourth-order valence-corrected chi connectivity index (χ4v) is 4.64. The number of halogens is 1. The lowest BCUT2D eigenvalue weighted by atomic mass is 10.1. The summed E-state index contributed by atoms with van der Waals surface area (Å²) in [6.45, 7) is 2.19. The summed E-state index contributed by atoms with van der Waals surface area (Å²) in [5, 5.41) is 1.92. The zero-order valence-corrected chi connectivity index (χ0v) is 14.1. The van der Waals surface area contributed by atoms with E-state index in [0.29, 0.717) is 12.1 Å². The van der Waals surface area contributed by atoms with Crippen LogP contribution in [0.25, 0.3) is 0 Å². The summed E-state index contributed by atoms with van der Waals surface area (Å²) in [6.07, 6.45) is 0.640. The number of nitrogens with one attached hydrogen (secondary N) is 1. The van der Waals surface area contributed by atoms with Gasteiger partial charge in [-0.25, -0.2) is 13.1 Å². The van der Waals surface area contributed by atoms with E-state index in [4.69, 9.17) is 5.73 Å². The Balaban J connectivity index is 2.24. The molecule has 0 radical (unpaired) electrons. The van der Waals surface area contributed by atoms with Crippen molar-refractivity contribution < 1.29 is 8.42 Å². The third-order valence-electron chi connectivity index (χ3n) is 2.82. The molecule has 7 heteroatoms. The summed E-state index contributed by atoms with van der Waals surface area (Å²) in [5.41, 5.74) is 6.90. The van der Waals surface area contributed by atoms with Crippen LogP contribution in [-0.2, 0) is 23.0 Å². The topological polar surface area (TPSA) is 72.2 Å². The molecule has 108 valence electrons. The van der Waals surface area contributed by atoms with Crippen LogP contribution in [-0.4, -0.2) is 8.42 Å². The molecule has 0 fully saturated rings. The predicted octanol–water partition coefficient (Wildman–Crippen LogP) is 3.13. The van der Waals surface area contributed by atoms with Crippen LogP contribution in [0.5, 0.6) is 0 Å². The van der Waals surface area contributed by atoms with Crippen LogP contribution in [0.15, 0.2) is 39.0 Å². The molecule has 0 saturated heterocycles. The van der Waals surface area contributed by atoms with E-state index >= 15 is 0 Å². The number of anilines is 1. The van der Waals surface area contributed by atoms with E-state index in [0.717, 1.165) is 14.9 Å². The molecule has 0 amide bonds. The first kappa shape index (κ1) is 15.5. The van der Waals surface area contributed by atoms with Crippen LogP contribution in [0.2, 0.25) is 0 Å². The van der Waals surface area contributed by atoms with Gasteiger partial charge >= 0.3 is 0 Å². The Morgan fingerprint density at radius 3 is 2.70 bits per heavy atom. The van der Waals surface area contributed by atoms with E-state index in [-0.39, 0.29) is 11.4 Å². The van der Waals surface area contributed by atoms with Gasteiger partial charge in [0, 0.05) is 27.0 Å². The van der Waals surface area contributed by atoms with E-state index in [1.165, 1.54) is 17.4 Å². The van der Waals surface area contributed by atoms with E-state index in [1.807, 2.05) is 18.4 Å². The van der Waals surface area contributed by atoms with Crippen molar-refractivity contribution in [2.24, 2.45) is 0 Å². The number of rotatable bonds is 5. The molecule has 0 aliphatic heterocycles. The van der Waals surface area contributed by atoms with Gasteiger partial charge in [0.05, 0.1) is 4.90 Å². The molecule has 0 spiro atoms. The van der Waals surface area contributed by atoms with Gasteiger partial charge in [0.1, 0.15) is 0 Å². The quantitative estimate of drug-likeness (QED) is 0.789. The molecular formula is C13H15BrN2O2S2. The van der Waals surface area contributed by atoms with Gasteiger partial charge in [-0.2, -0.15) is 0 Å². The van der Waals surface area contributed by atoms with Crippen molar-refractivity contribution in [2.45, 2.75) is 24.8 Å². The second-order valence-electron chi connectivity index (χ2n) is 4.28. The molecule has 0 aliphatic rings. The first-order valence-electron chi connectivity index (χ1n) is 6.03. The fourth-order valence-electron chi connectivity index (χ4n) is 1.80. The van der Waals surface area contributed by atoms with Crippen LogP contribution < -0.4 is 10.5 Å². The normalized spacial score (nSPS) is 11.7. The van der Waals surface area contributed by atoms with Crippen molar-refractivity contribution >= 4 is 43.0 Å². The number of hydrogen-bond acceptors (Lipinski definition) is 4. The van der Waals surface area contributed by atoms with Crippen LogP contribution >= 0.6 is 27.3 Å². The maximum atomic E-state index is 12.4. The molecular weight excluding hydrogens is 360 g/mol. The van der Waals surface area contributed by atoms with E-state index in [9.17, 15) is 8.42 Å². The molecule has 3 N–H and O–H groups in total. The van der Waals surface area contributed by atoms with Crippen molar-refractivity contribution in [2.75, 3.05) is 5.73 Å². The monoisotopic (exact) mass is 374 g/mol. The van der Waals surface area contributed by atoms with Crippen LogP contribution in [0.3, 0.4) is 0 Å². The van der Waals surface area contributed by atoms with Gasteiger partial charge in [-0.05, 0) is 46.1 Å². The van der Waals surface area contributed by atoms with Gasteiger partial charge in [0.15, 0.2) is 0 Å². The summed E-state index contributed by atoms with van der Waals surface area (Å²) in [5.74, 6) is 0. The highest BCUT2D eigenvalue weighted by atomic mass is 79.9. The summed E-state index contributed by atoms with van der Waals surface area (Å²) in [4.78, 5) is 1.21. The second kappa shape index (κ2) is 6.26. The van der Waals surface area contributed by atoms with E-state index < -0.39 is 10.0 Å². The lowest BCUT2D eigenvalue weighted by Crippen LogP contribution is -2.24. The molecule has 1 heterocycles. The molecule has 0 saturated carbocycles. The number of hydrogen-bond donors (Lipinski definition) is 2. The summed E-state index contributed by atoms with van der Waals surface area (Å²) < 4.78 is 28.3. The minimum Gasteiger partial charge on any atom is -0.399 e. The Hall–Kier alpha value is -0.890. The lowest BCUT2D eigenvalue weighted by molar-refractivity contribution is 0.580. The average Bonchev–Trinajstić information content (AvgIpc) is 2.82. The zero-order chi connectivity index (χ0) is 14.8. The molecule has 4 nitrogen and oxygen atoms in total. The number of nitrogen functional groups attached to an aromatic ring is 1. The molecule has 1 aromatic heterocycles. The van der Waals surface area contributed by atoms with Crippen molar-refractivity contribution in [3.8, 4) is 0 Å². The fraction of sp³-hybridized carbons (Fsp3) is 0.231. The molecule has 0 unspecified atom stereocenters. The van der Waals surface area contributed by atoms with Gasteiger partial charge in [-0.3, -0.25) is 0 Å². The molecule has 1 aromatic carbocycles. The van der Waals surface area contributed by atoms with Gasteiger partial charge < -0.3 is 5.73 Å². The Labute approximate surface area is 131 Å². The van der Waals surface area contributed by atoms with Gasteiger partial charge in [0.25, 0.3) is 0 Å². The van der Waals surface area contributed by atoms with Gasteiger partial charge in [0.2, 0.25) is 10.0 Å². The molecule has 0 bridgehead atoms. The summed E-state index contributed by atoms with van der Waals surface area (Å²) in [7, 11) is -3.55. The number of sulfonamides is 1. The maximum Gasteiger partial charge on any atom is 0.241 e. The van der Waals surface area contributed by atoms with Crippen LogP contribution in [0, 0.1) is 0 Å². The highest BCUT2D eigenvalue weighted by Crippen LogP contribution is 2.22. The standard InChI is InChI=1S/C13H15BrN2O2S2/c1-2-9-3-4-11(15)6-13(9)20(17,18)16-7-12-5-10(14)8-19-12/h3-6,8,16H,2,7,15H2,1H3. The predicted molar refractivity (Wildman–Crippen MR) is 86.3 cm³/mol.